The number of fused-ring (bicyclic) bond motifs is 1. The summed E-state index contributed by atoms with van der Waals surface area (Å²) >= 11 is 0. The molecule has 1 saturated heterocycles. The van der Waals surface area contributed by atoms with E-state index in [2.05, 4.69) is 4.98 Å². The lowest BCUT2D eigenvalue weighted by molar-refractivity contribution is 0.0778. The topological polar surface area (TPSA) is 79.2 Å². The molecule has 1 fully saturated rings. The molecule has 1 amide bonds. The molecule has 1 aromatic heterocycles. The predicted molar refractivity (Wildman–Crippen MR) is 89.5 cm³/mol. The molecular formula is C16H19ClFN3O2. The van der Waals surface area contributed by atoms with Crippen molar-refractivity contribution < 1.29 is 9.18 Å². The van der Waals surface area contributed by atoms with E-state index in [4.69, 9.17) is 5.73 Å². The quantitative estimate of drug-likeness (QED) is 0.877. The Bertz CT molecular complexity index is 808. The Morgan fingerprint density at radius 3 is 2.83 bits per heavy atom. The molecule has 1 aliphatic heterocycles. The van der Waals surface area contributed by atoms with Gasteiger partial charge < -0.3 is 15.6 Å². The Morgan fingerprint density at radius 1 is 1.43 bits per heavy atom. The number of nitrogens with zero attached hydrogens (tertiary/aromatic N) is 1. The van der Waals surface area contributed by atoms with Crippen molar-refractivity contribution in [3.8, 4) is 0 Å². The van der Waals surface area contributed by atoms with E-state index in [9.17, 15) is 14.0 Å². The SMILES string of the molecule is CC1(CN)CCN(C(=O)c2cc(=O)[nH]c3cc(F)ccc23)C1.Cl. The van der Waals surface area contributed by atoms with Crippen molar-refractivity contribution in [1.29, 1.82) is 0 Å². The summed E-state index contributed by atoms with van der Waals surface area (Å²) in [6.45, 7) is 3.74. The van der Waals surface area contributed by atoms with Gasteiger partial charge in [0.15, 0.2) is 0 Å². The van der Waals surface area contributed by atoms with Crippen molar-refractivity contribution in [3.63, 3.8) is 0 Å². The average Bonchev–Trinajstić information content (AvgIpc) is 2.88. The van der Waals surface area contributed by atoms with E-state index in [1.807, 2.05) is 6.92 Å². The maximum Gasteiger partial charge on any atom is 0.254 e. The fourth-order valence-electron chi connectivity index (χ4n) is 2.94. The van der Waals surface area contributed by atoms with E-state index < -0.39 is 11.4 Å². The van der Waals surface area contributed by atoms with E-state index in [1.54, 1.807) is 4.90 Å². The summed E-state index contributed by atoms with van der Waals surface area (Å²) in [4.78, 5) is 28.8. The lowest BCUT2D eigenvalue weighted by Crippen LogP contribution is -2.35. The second-order valence-corrected chi connectivity index (χ2v) is 6.23. The predicted octanol–water partition coefficient (Wildman–Crippen LogP) is 1.90. The van der Waals surface area contributed by atoms with Gasteiger partial charge in [-0.3, -0.25) is 9.59 Å². The largest absolute Gasteiger partial charge is 0.338 e. The number of nitrogens with two attached hydrogens (primary N) is 1. The molecule has 1 aliphatic rings. The van der Waals surface area contributed by atoms with Gasteiger partial charge in [0.2, 0.25) is 5.56 Å². The van der Waals surface area contributed by atoms with Gasteiger partial charge in [-0.15, -0.1) is 12.4 Å². The number of hydrogen-bond acceptors (Lipinski definition) is 3. The minimum Gasteiger partial charge on any atom is -0.338 e. The van der Waals surface area contributed by atoms with E-state index >= 15 is 0 Å². The summed E-state index contributed by atoms with van der Waals surface area (Å²) < 4.78 is 13.3. The van der Waals surface area contributed by atoms with Gasteiger partial charge in [-0.1, -0.05) is 6.92 Å². The Morgan fingerprint density at radius 2 is 2.17 bits per heavy atom. The van der Waals surface area contributed by atoms with Gasteiger partial charge in [0.05, 0.1) is 11.1 Å². The average molecular weight is 340 g/mol. The first-order valence-corrected chi connectivity index (χ1v) is 7.24. The lowest BCUT2D eigenvalue weighted by atomic mass is 9.90. The fraction of sp³-hybridized carbons (Fsp3) is 0.375. The van der Waals surface area contributed by atoms with Crippen LogP contribution in [0.4, 0.5) is 4.39 Å². The monoisotopic (exact) mass is 339 g/mol. The van der Waals surface area contributed by atoms with Crippen molar-refractivity contribution >= 4 is 29.2 Å². The van der Waals surface area contributed by atoms with Crippen LogP contribution < -0.4 is 11.3 Å². The third kappa shape index (κ3) is 3.23. The number of nitrogens with one attached hydrogen (secondary N) is 1. The van der Waals surface area contributed by atoms with Crippen LogP contribution in [0.5, 0.6) is 0 Å². The lowest BCUT2D eigenvalue weighted by Gasteiger charge is -2.22. The highest BCUT2D eigenvalue weighted by molar-refractivity contribution is 6.06. The minimum atomic E-state index is -0.454. The number of carbonyl (C=O) groups excluding carboxylic acids is 1. The summed E-state index contributed by atoms with van der Waals surface area (Å²) in [6, 6.07) is 5.31. The molecule has 1 atom stereocenters. The van der Waals surface area contributed by atoms with Crippen LogP contribution in [0.25, 0.3) is 10.9 Å². The molecule has 0 saturated carbocycles. The summed E-state index contributed by atoms with van der Waals surface area (Å²) in [5.74, 6) is -0.662. The van der Waals surface area contributed by atoms with E-state index in [-0.39, 0.29) is 23.7 Å². The van der Waals surface area contributed by atoms with Crippen LogP contribution in [0.15, 0.2) is 29.1 Å². The molecule has 5 nitrogen and oxygen atoms in total. The fourth-order valence-corrected chi connectivity index (χ4v) is 2.94. The first kappa shape index (κ1) is 17.4. The van der Waals surface area contributed by atoms with E-state index in [1.165, 1.54) is 24.3 Å². The molecule has 1 unspecified atom stereocenters. The van der Waals surface area contributed by atoms with E-state index in [0.717, 1.165) is 6.42 Å². The number of halogens is 2. The van der Waals surface area contributed by atoms with Crippen LogP contribution in [-0.4, -0.2) is 35.4 Å². The third-order valence-electron chi connectivity index (χ3n) is 4.37. The maximum atomic E-state index is 13.3. The number of amides is 1. The molecule has 1 aromatic carbocycles. The molecule has 3 rings (SSSR count). The van der Waals surface area contributed by atoms with Crippen LogP contribution in [0.3, 0.4) is 0 Å². The minimum absolute atomic E-state index is 0. The second kappa shape index (κ2) is 6.29. The number of rotatable bonds is 2. The number of hydrogen-bond donors (Lipinski definition) is 2. The number of aromatic nitrogens is 1. The number of likely N-dealkylation sites (tertiary alicyclic amines) is 1. The Balaban J connectivity index is 0.00000192. The molecule has 0 bridgehead atoms. The van der Waals surface area contributed by atoms with Crippen molar-refractivity contribution in [3.05, 3.63) is 46.0 Å². The molecular weight excluding hydrogens is 321 g/mol. The maximum absolute atomic E-state index is 13.3. The molecule has 124 valence electrons. The van der Waals surface area contributed by atoms with Crippen molar-refractivity contribution in [2.75, 3.05) is 19.6 Å². The zero-order chi connectivity index (χ0) is 15.9. The van der Waals surface area contributed by atoms with Crippen LogP contribution in [0.1, 0.15) is 23.7 Å². The second-order valence-electron chi connectivity index (χ2n) is 6.23. The number of H-pyrrole nitrogens is 1. The molecule has 0 radical (unpaired) electrons. The molecule has 2 heterocycles. The summed E-state index contributed by atoms with van der Waals surface area (Å²) in [5, 5.41) is 0.548. The molecule has 23 heavy (non-hydrogen) atoms. The van der Waals surface area contributed by atoms with Gasteiger partial charge in [0, 0.05) is 24.5 Å². The van der Waals surface area contributed by atoms with Gasteiger partial charge in [-0.2, -0.15) is 0 Å². The highest BCUT2D eigenvalue weighted by Crippen LogP contribution is 2.30. The van der Waals surface area contributed by atoms with Crippen LogP contribution in [0.2, 0.25) is 0 Å². The number of pyridine rings is 1. The highest BCUT2D eigenvalue weighted by atomic mass is 35.5. The van der Waals surface area contributed by atoms with Gasteiger partial charge >= 0.3 is 0 Å². The summed E-state index contributed by atoms with van der Waals surface area (Å²) in [7, 11) is 0. The van der Waals surface area contributed by atoms with Crippen LogP contribution in [-0.2, 0) is 0 Å². The number of benzene rings is 1. The van der Waals surface area contributed by atoms with Crippen molar-refractivity contribution in [1.82, 2.24) is 9.88 Å². The number of aromatic amines is 1. The first-order valence-electron chi connectivity index (χ1n) is 7.24. The first-order chi connectivity index (χ1) is 10.4. The van der Waals surface area contributed by atoms with Gasteiger partial charge in [-0.05, 0) is 36.6 Å². The zero-order valence-corrected chi connectivity index (χ0v) is 13.6. The molecule has 0 aliphatic carbocycles. The molecule has 3 N–H and O–H groups in total. The third-order valence-corrected chi connectivity index (χ3v) is 4.37. The molecule has 7 heteroatoms. The Kier molecular flexibility index (Phi) is 4.77. The summed E-state index contributed by atoms with van der Waals surface area (Å²) in [5.41, 5.74) is 5.90. The van der Waals surface area contributed by atoms with Gasteiger partial charge in [0.25, 0.3) is 5.91 Å². The van der Waals surface area contributed by atoms with E-state index in [0.29, 0.717) is 36.1 Å². The molecule has 0 spiro atoms. The van der Waals surface area contributed by atoms with Crippen LogP contribution >= 0.6 is 12.4 Å². The van der Waals surface area contributed by atoms with Crippen molar-refractivity contribution in [2.45, 2.75) is 13.3 Å². The summed E-state index contributed by atoms with van der Waals surface area (Å²) in [6.07, 6.45) is 0.838. The Hall–Kier alpha value is -1.92. The van der Waals surface area contributed by atoms with Gasteiger partial charge in [-0.25, -0.2) is 4.39 Å². The normalized spacial score (nSPS) is 20.6. The van der Waals surface area contributed by atoms with Crippen molar-refractivity contribution in [2.24, 2.45) is 11.1 Å². The van der Waals surface area contributed by atoms with Crippen LogP contribution in [0, 0.1) is 11.2 Å². The zero-order valence-electron chi connectivity index (χ0n) is 12.8. The molecule has 2 aromatic rings. The van der Waals surface area contributed by atoms with Gasteiger partial charge in [0.1, 0.15) is 5.82 Å². The Labute approximate surface area is 139 Å². The highest BCUT2D eigenvalue weighted by Gasteiger charge is 2.35. The number of carbonyl (C=O) groups is 1. The smallest absolute Gasteiger partial charge is 0.254 e. The standard InChI is InChI=1S/C16H18FN3O2.ClH/c1-16(8-18)4-5-20(9-16)15(22)12-7-14(21)19-13-6-10(17)2-3-11(12)13;/h2-3,6-7H,4-5,8-9,18H2,1H3,(H,19,21);1H.